The van der Waals surface area contributed by atoms with Gasteiger partial charge in [0.15, 0.2) is 0 Å². The van der Waals surface area contributed by atoms with Crippen molar-refractivity contribution >= 4 is 16.7 Å². The highest BCUT2D eigenvalue weighted by Gasteiger charge is 2.28. The minimum Gasteiger partial charge on any atom is -0.481 e. The molecule has 0 bridgehead atoms. The van der Waals surface area contributed by atoms with Gasteiger partial charge in [-0.1, -0.05) is 74.5 Å². The molecule has 0 saturated carbocycles. The summed E-state index contributed by atoms with van der Waals surface area (Å²) in [4.78, 5) is 10.9. The van der Waals surface area contributed by atoms with Gasteiger partial charge in [-0.2, -0.15) is 0 Å². The molecule has 3 aromatic carbocycles. The average Bonchev–Trinajstić information content (AvgIpc) is 2.94. The van der Waals surface area contributed by atoms with E-state index < -0.39 is 12.1 Å². The highest BCUT2D eigenvalue weighted by atomic mass is 16.4. The van der Waals surface area contributed by atoms with Crippen molar-refractivity contribution in [2.45, 2.75) is 38.3 Å². The summed E-state index contributed by atoms with van der Waals surface area (Å²) in [6, 6.07) is 21.6. The Morgan fingerprint density at radius 1 is 1.00 bits per heavy atom. The van der Waals surface area contributed by atoms with E-state index in [-0.39, 0.29) is 17.9 Å². The number of hydrogen-bond donors (Lipinski definition) is 3. The number of carbonyl (C=O) groups is 1. The number of carboxylic acids is 1. The Morgan fingerprint density at radius 2 is 1.57 bits per heavy atom. The SMILES string of the molecule is CC(C)[C@@H](C(=O)O)c1ccccc1.N[C@@H]1c2cc3ccccc3cc2C[C@@H]1O. The van der Waals surface area contributed by atoms with Crippen LogP contribution < -0.4 is 5.73 Å². The number of fused-ring (bicyclic) bond motifs is 2. The number of carboxylic acid groups (broad SMARTS) is 1. The quantitative estimate of drug-likeness (QED) is 0.636. The second-order valence-electron chi connectivity index (χ2n) is 7.67. The zero-order valence-electron chi connectivity index (χ0n) is 16.2. The van der Waals surface area contributed by atoms with Gasteiger partial charge in [0, 0.05) is 6.42 Å². The number of aliphatic hydroxyl groups is 1. The number of aliphatic hydroxyl groups excluding tert-OH is 1. The number of rotatable bonds is 3. The van der Waals surface area contributed by atoms with E-state index >= 15 is 0 Å². The first kappa shape index (κ1) is 20.1. The lowest BCUT2D eigenvalue weighted by molar-refractivity contribution is -0.139. The van der Waals surface area contributed by atoms with Gasteiger partial charge in [0.1, 0.15) is 0 Å². The topological polar surface area (TPSA) is 83.5 Å². The van der Waals surface area contributed by atoms with Crippen molar-refractivity contribution in [3.8, 4) is 0 Å². The molecule has 0 amide bonds. The van der Waals surface area contributed by atoms with Crippen LogP contribution in [0.4, 0.5) is 0 Å². The van der Waals surface area contributed by atoms with Crippen molar-refractivity contribution in [3.63, 3.8) is 0 Å². The van der Waals surface area contributed by atoms with Crippen molar-refractivity contribution in [1.82, 2.24) is 0 Å². The molecule has 4 nitrogen and oxygen atoms in total. The largest absolute Gasteiger partial charge is 0.481 e. The number of aliphatic carboxylic acids is 1. The summed E-state index contributed by atoms with van der Waals surface area (Å²) >= 11 is 0. The number of hydrogen-bond acceptors (Lipinski definition) is 3. The molecule has 0 aromatic heterocycles. The van der Waals surface area contributed by atoms with Crippen molar-refractivity contribution in [1.29, 1.82) is 0 Å². The Morgan fingerprint density at radius 3 is 2.14 bits per heavy atom. The van der Waals surface area contributed by atoms with Crippen LogP contribution in [0.15, 0.2) is 66.7 Å². The van der Waals surface area contributed by atoms with Crippen molar-refractivity contribution in [3.05, 3.63) is 83.4 Å². The minimum atomic E-state index is -0.749. The van der Waals surface area contributed by atoms with E-state index in [1.54, 1.807) is 0 Å². The Hall–Kier alpha value is -2.69. The molecular weight excluding hydrogens is 350 g/mol. The van der Waals surface area contributed by atoms with Crippen LogP contribution in [0.2, 0.25) is 0 Å². The first-order valence-corrected chi connectivity index (χ1v) is 9.61. The molecule has 0 radical (unpaired) electrons. The molecular formula is C24H27NO3. The van der Waals surface area contributed by atoms with Crippen LogP contribution in [0.5, 0.6) is 0 Å². The van der Waals surface area contributed by atoms with E-state index in [4.69, 9.17) is 10.8 Å². The summed E-state index contributed by atoms with van der Waals surface area (Å²) < 4.78 is 0. The molecule has 0 fully saturated rings. The second kappa shape index (κ2) is 8.55. The normalized spacial score (nSPS) is 19.0. The van der Waals surface area contributed by atoms with Crippen molar-refractivity contribution in [2.24, 2.45) is 11.7 Å². The van der Waals surface area contributed by atoms with Crippen LogP contribution in [0.1, 0.15) is 42.5 Å². The maximum atomic E-state index is 10.9. The van der Waals surface area contributed by atoms with Gasteiger partial charge in [0.05, 0.1) is 18.1 Å². The third kappa shape index (κ3) is 4.24. The zero-order valence-corrected chi connectivity index (χ0v) is 16.2. The molecule has 0 saturated heterocycles. The van der Waals surface area contributed by atoms with E-state index in [9.17, 15) is 9.90 Å². The zero-order chi connectivity index (χ0) is 20.3. The lowest BCUT2D eigenvalue weighted by Gasteiger charge is -2.15. The monoisotopic (exact) mass is 377 g/mol. The molecule has 3 aromatic rings. The fourth-order valence-corrected chi connectivity index (χ4v) is 3.82. The van der Waals surface area contributed by atoms with Crippen LogP contribution in [-0.2, 0) is 11.2 Å². The molecule has 0 unspecified atom stereocenters. The molecule has 0 heterocycles. The Bertz CT molecular complexity index is 952. The molecule has 1 aliphatic carbocycles. The molecule has 28 heavy (non-hydrogen) atoms. The van der Waals surface area contributed by atoms with Gasteiger partial charge in [-0.25, -0.2) is 0 Å². The predicted octanol–water partition coefficient (Wildman–Crippen LogP) is 4.27. The summed E-state index contributed by atoms with van der Waals surface area (Å²) in [7, 11) is 0. The van der Waals surface area contributed by atoms with Gasteiger partial charge in [-0.3, -0.25) is 4.79 Å². The average molecular weight is 377 g/mol. The number of benzene rings is 3. The van der Waals surface area contributed by atoms with Gasteiger partial charge in [0.25, 0.3) is 0 Å². The first-order valence-electron chi connectivity index (χ1n) is 9.61. The lowest BCUT2D eigenvalue weighted by atomic mass is 9.89. The molecule has 4 heteroatoms. The van der Waals surface area contributed by atoms with Gasteiger partial charge < -0.3 is 15.9 Å². The highest BCUT2D eigenvalue weighted by molar-refractivity contribution is 5.84. The number of nitrogens with two attached hydrogens (primary N) is 1. The maximum Gasteiger partial charge on any atom is 0.311 e. The highest BCUT2D eigenvalue weighted by Crippen LogP contribution is 2.33. The third-order valence-electron chi connectivity index (χ3n) is 5.30. The molecule has 1 aliphatic rings. The van der Waals surface area contributed by atoms with Gasteiger partial charge in [-0.15, -0.1) is 0 Å². The van der Waals surface area contributed by atoms with Gasteiger partial charge >= 0.3 is 5.97 Å². The molecule has 146 valence electrons. The minimum absolute atomic E-state index is 0.125. The van der Waals surface area contributed by atoms with Crippen LogP contribution in [-0.4, -0.2) is 22.3 Å². The fraction of sp³-hybridized carbons (Fsp3) is 0.292. The summed E-state index contributed by atoms with van der Waals surface area (Å²) in [6.45, 7) is 3.84. The molecule has 4 rings (SSSR count). The molecule has 0 spiro atoms. The predicted molar refractivity (Wildman–Crippen MR) is 112 cm³/mol. The van der Waals surface area contributed by atoms with Gasteiger partial charge in [-0.05, 0) is 39.4 Å². The summed E-state index contributed by atoms with van der Waals surface area (Å²) in [5.74, 6) is -1.01. The van der Waals surface area contributed by atoms with Gasteiger partial charge in [0.2, 0.25) is 0 Å². The molecule has 3 atom stereocenters. The fourth-order valence-electron chi connectivity index (χ4n) is 3.82. The van der Waals surface area contributed by atoms with Crippen LogP contribution in [0.25, 0.3) is 10.8 Å². The smallest absolute Gasteiger partial charge is 0.311 e. The molecule has 4 N–H and O–H groups in total. The summed E-state index contributed by atoms with van der Waals surface area (Å²) in [6.07, 6.45) is 0.262. The van der Waals surface area contributed by atoms with Crippen LogP contribution in [0.3, 0.4) is 0 Å². The maximum absolute atomic E-state index is 10.9. The van der Waals surface area contributed by atoms with E-state index in [0.29, 0.717) is 6.42 Å². The van der Waals surface area contributed by atoms with Crippen molar-refractivity contribution < 1.29 is 15.0 Å². The van der Waals surface area contributed by atoms with Crippen LogP contribution in [0, 0.1) is 5.92 Å². The summed E-state index contributed by atoms with van der Waals surface area (Å²) in [5.41, 5.74) is 9.10. The Balaban J connectivity index is 0.000000163. The Kier molecular flexibility index (Phi) is 6.12. The van der Waals surface area contributed by atoms with E-state index in [2.05, 4.69) is 24.3 Å². The standard InChI is InChI=1S/C13H13NO.C11H14O2/c14-13-11-6-9-4-2-1-3-8(9)5-10(11)7-12(13)15;1-8(2)10(11(12)13)9-6-4-3-5-7-9/h1-6,12-13,15H,7,14H2;3-8,10H,1-2H3,(H,12,13)/t12-,13+;10-/m01/s1. The second-order valence-corrected chi connectivity index (χ2v) is 7.67. The third-order valence-corrected chi connectivity index (χ3v) is 5.30. The van der Waals surface area contributed by atoms with E-state index in [1.165, 1.54) is 16.3 Å². The van der Waals surface area contributed by atoms with Crippen molar-refractivity contribution in [2.75, 3.05) is 0 Å². The van der Waals surface area contributed by atoms with E-state index in [0.717, 1.165) is 11.1 Å². The Labute approximate surface area is 165 Å². The lowest BCUT2D eigenvalue weighted by Crippen LogP contribution is -2.21. The van der Waals surface area contributed by atoms with Crippen LogP contribution >= 0.6 is 0 Å². The summed E-state index contributed by atoms with van der Waals surface area (Å²) in [5, 5.41) is 21.1. The molecule has 0 aliphatic heterocycles. The van der Waals surface area contributed by atoms with E-state index in [1.807, 2.05) is 56.3 Å². The first-order chi connectivity index (χ1) is 13.4.